The highest BCUT2D eigenvalue weighted by Crippen LogP contribution is 2.33. The van der Waals surface area contributed by atoms with Gasteiger partial charge in [-0.25, -0.2) is 0 Å². The molecule has 2 rings (SSSR count). The number of hydrogen-bond acceptors (Lipinski definition) is 3. The number of aryl methyl sites for hydroxylation is 1. The lowest BCUT2D eigenvalue weighted by Gasteiger charge is -2.15. The summed E-state index contributed by atoms with van der Waals surface area (Å²) in [5, 5.41) is 2.88. The van der Waals surface area contributed by atoms with E-state index in [1.807, 2.05) is 19.1 Å². The molecule has 1 atom stereocenters. The number of nitrogens with one attached hydrogen (secondary N) is 1. The van der Waals surface area contributed by atoms with Gasteiger partial charge in [-0.2, -0.15) is 0 Å². The molecule has 0 aliphatic rings. The zero-order valence-corrected chi connectivity index (χ0v) is 13.1. The molecular formula is C13H14BrClN2S. The van der Waals surface area contributed by atoms with E-state index < -0.39 is 0 Å². The summed E-state index contributed by atoms with van der Waals surface area (Å²) >= 11 is 11.4. The second-order valence-corrected chi connectivity index (χ2v) is 6.35. The molecule has 0 bridgehead atoms. The normalized spacial score (nSPS) is 12.7. The number of nitrogens with two attached hydrogens (primary N) is 1. The molecule has 2 aromatic rings. The Balaban J connectivity index is 2.19. The molecule has 0 aliphatic heterocycles. The van der Waals surface area contributed by atoms with Crippen molar-refractivity contribution in [2.45, 2.75) is 19.4 Å². The average Bonchev–Trinajstić information content (AvgIpc) is 2.70. The van der Waals surface area contributed by atoms with Gasteiger partial charge >= 0.3 is 0 Å². The first kappa shape index (κ1) is 14.0. The van der Waals surface area contributed by atoms with Crippen LogP contribution in [0.3, 0.4) is 0 Å². The van der Waals surface area contributed by atoms with Crippen LogP contribution in [-0.2, 0) is 6.42 Å². The van der Waals surface area contributed by atoms with Crippen LogP contribution in [0.25, 0.3) is 0 Å². The first-order valence-corrected chi connectivity index (χ1v) is 7.61. The van der Waals surface area contributed by atoms with Crippen LogP contribution in [-0.4, -0.2) is 0 Å². The summed E-state index contributed by atoms with van der Waals surface area (Å²) in [7, 11) is 0. The molecule has 96 valence electrons. The Morgan fingerprint density at radius 3 is 2.56 bits per heavy atom. The average molecular weight is 346 g/mol. The second kappa shape index (κ2) is 6.17. The SMILES string of the molecule is Cc1csc(C(Cc2ccc(Br)cc2)NN)c1Cl. The molecule has 2 nitrogen and oxygen atoms in total. The Morgan fingerprint density at radius 1 is 1.39 bits per heavy atom. The van der Waals surface area contributed by atoms with Crippen LogP contribution in [0.1, 0.15) is 22.0 Å². The number of thiophene rings is 1. The maximum absolute atomic E-state index is 6.28. The van der Waals surface area contributed by atoms with E-state index in [4.69, 9.17) is 17.4 Å². The van der Waals surface area contributed by atoms with Gasteiger partial charge < -0.3 is 0 Å². The van der Waals surface area contributed by atoms with E-state index in [0.717, 1.165) is 26.4 Å². The maximum atomic E-state index is 6.28. The van der Waals surface area contributed by atoms with Crippen molar-refractivity contribution in [3.05, 3.63) is 55.1 Å². The van der Waals surface area contributed by atoms with Gasteiger partial charge in [0.05, 0.1) is 11.1 Å². The summed E-state index contributed by atoms with van der Waals surface area (Å²) in [6.07, 6.45) is 0.823. The quantitative estimate of drug-likeness (QED) is 0.643. The van der Waals surface area contributed by atoms with Crippen molar-refractivity contribution in [3.63, 3.8) is 0 Å². The highest BCUT2D eigenvalue weighted by molar-refractivity contribution is 9.10. The Morgan fingerprint density at radius 2 is 2.06 bits per heavy atom. The topological polar surface area (TPSA) is 38.0 Å². The van der Waals surface area contributed by atoms with Crippen molar-refractivity contribution in [3.8, 4) is 0 Å². The van der Waals surface area contributed by atoms with Crippen LogP contribution in [0.2, 0.25) is 5.02 Å². The molecule has 0 fully saturated rings. The fourth-order valence-corrected chi connectivity index (χ4v) is 3.42. The fourth-order valence-electron chi connectivity index (χ4n) is 1.77. The third kappa shape index (κ3) is 3.13. The van der Waals surface area contributed by atoms with E-state index in [0.29, 0.717) is 0 Å². The van der Waals surface area contributed by atoms with Crippen LogP contribution in [0.4, 0.5) is 0 Å². The van der Waals surface area contributed by atoms with E-state index in [1.54, 1.807) is 11.3 Å². The first-order valence-electron chi connectivity index (χ1n) is 5.56. The summed E-state index contributed by atoms with van der Waals surface area (Å²) in [4.78, 5) is 1.10. The lowest BCUT2D eigenvalue weighted by molar-refractivity contribution is 0.560. The Labute approximate surface area is 124 Å². The Hall–Kier alpha value is -0.390. The molecule has 0 radical (unpaired) electrons. The number of halogens is 2. The van der Waals surface area contributed by atoms with Gasteiger partial charge in [0.25, 0.3) is 0 Å². The molecule has 0 saturated carbocycles. The Kier molecular flexibility index (Phi) is 4.81. The van der Waals surface area contributed by atoms with Crippen molar-refractivity contribution in [1.82, 2.24) is 5.43 Å². The highest BCUT2D eigenvalue weighted by atomic mass is 79.9. The molecule has 1 aromatic heterocycles. The minimum Gasteiger partial charge on any atom is -0.271 e. The summed E-state index contributed by atoms with van der Waals surface area (Å²) in [6, 6.07) is 8.29. The highest BCUT2D eigenvalue weighted by Gasteiger charge is 2.17. The summed E-state index contributed by atoms with van der Waals surface area (Å²) in [6.45, 7) is 2.01. The smallest absolute Gasteiger partial charge is 0.0608 e. The maximum Gasteiger partial charge on any atom is 0.0608 e. The van der Waals surface area contributed by atoms with Crippen LogP contribution >= 0.6 is 38.9 Å². The van der Waals surface area contributed by atoms with Crippen molar-refractivity contribution in [2.75, 3.05) is 0 Å². The molecule has 1 unspecified atom stereocenters. The molecule has 0 aliphatic carbocycles. The first-order chi connectivity index (χ1) is 8.61. The predicted molar refractivity (Wildman–Crippen MR) is 82.0 cm³/mol. The third-order valence-electron chi connectivity index (χ3n) is 2.80. The standard InChI is InChI=1S/C13H14BrClN2S/c1-8-7-18-13(12(8)15)11(17-16)6-9-2-4-10(14)5-3-9/h2-5,7,11,17H,6,16H2,1H3. The van der Waals surface area contributed by atoms with Crippen LogP contribution in [0.15, 0.2) is 34.1 Å². The van der Waals surface area contributed by atoms with Gasteiger partial charge in [0.15, 0.2) is 0 Å². The van der Waals surface area contributed by atoms with Gasteiger partial charge in [-0.1, -0.05) is 39.7 Å². The lowest BCUT2D eigenvalue weighted by atomic mass is 10.0. The predicted octanol–water partition coefficient (Wildman–Crippen LogP) is 4.22. The van der Waals surface area contributed by atoms with Gasteiger partial charge in [-0.05, 0) is 42.0 Å². The Bertz CT molecular complexity index is 524. The van der Waals surface area contributed by atoms with E-state index in [2.05, 4.69) is 38.9 Å². The monoisotopic (exact) mass is 344 g/mol. The van der Waals surface area contributed by atoms with Crippen LogP contribution in [0.5, 0.6) is 0 Å². The largest absolute Gasteiger partial charge is 0.271 e. The molecule has 0 spiro atoms. The zero-order chi connectivity index (χ0) is 13.1. The van der Waals surface area contributed by atoms with Gasteiger partial charge in [0.2, 0.25) is 0 Å². The van der Waals surface area contributed by atoms with Gasteiger partial charge in [0, 0.05) is 9.35 Å². The number of benzene rings is 1. The molecule has 1 aromatic carbocycles. The van der Waals surface area contributed by atoms with Crippen molar-refractivity contribution >= 4 is 38.9 Å². The molecule has 3 N–H and O–H groups in total. The van der Waals surface area contributed by atoms with Crippen molar-refractivity contribution in [2.24, 2.45) is 5.84 Å². The van der Waals surface area contributed by atoms with Gasteiger partial charge in [-0.15, -0.1) is 11.3 Å². The van der Waals surface area contributed by atoms with Crippen LogP contribution < -0.4 is 11.3 Å². The fraction of sp³-hybridized carbons (Fsp3) is 0.231. The minimum atomic E-state index is 0.0531. The van der Waals surface area contributed by atoms with E-state index in [-0.39, 0.29) is 6.04 Å². The molecule has 0 amide bonds. The van der Waals surface area contributed by atoms with E-state index in [9.17, 15) is 0 Å². The molecule has 18 heavy (non-hydrogen) atoms. The van der Waals surface area contributed by atoms with E-state index >= 15 is 0 Å². The summed E-state index contributed by atoms with van der Waals surface area (Å²) in [5.74, 6) is 5.65. The van der Waals surface area contributed by atoms with Gasteiger partial charge in [-0.3, -0.25) is 11.3 Å². The lowest BCUT2D eigenvalue weighted by Crippen LogP contribution is -2.29. The second-order valence-electron chi connectivity index (χ2n) is 4.15. The molecule has 5 heteroatoms. The zero-order valence-electron chi connectivity index (χ0n) is 9.91. The van der Waals surface area contributed by atoms with Crippen molar-refractivity contribution < 1.29 is 0 Å². The van der Waals surface area contributed by atoms with Crippen LogP contribution in [0, 0.1) is 6.92 Å². The van der Waals surface area contributed by atoms with E-state index in [1.165, 1.54) is 5.56 Å². The minimum absolute atomic E-state index is 0.0531. The summed E-state index contributed by atoms with van der Waals surface area (Å²) < 4.78 is 1.08. The molecule has 1 heterocycles. The number of hydrazine groups is 1. The van der Waals surface area contributed by atoms with Gasteiger partial charge in [0.1, 0.15) is 0 Å². The molecular weight excluding hydrogens is 332 g/mol. The number of hydrogen-bond donors (Lipinski definition) is 2. The molecule has 0 saturated heterocycles. The third-order valence-corrected chi connectivity index (χ3v) is 5.15. The number of rotatable bonds is 4. The summed E-state index contributed by atoms with van der Waals surface area (Å²) in [5.41, 5.74) is 5.18. The van der Waals surface area contributed by atoms with Crippen molar-refractivity contribution in [1.29, 1.82) is 0 Å².